The molecule has 1 spiro atoms. The molecule has 5 rings (SSSR count). The van der Waals surface area contributed by atoms with E-state index in [1.54, 1.807) is 10.7 Å². The fraction of sp³-hybridized carbons (Fsp3) is 0.375. The lowest BCUT2D eigenvalue weighted by Gasteiger charge is -2.51. The first-order valence-electron chi connectivity index (χ1n) is 10.6. The standard InChI is InChI=1S/C24H25N5O/c25-14-18-7-6-8-20(13-18)29-16-19(26-27-29)15-28-17-23(30)21-9-2-3-10-22(21)24(28)11-4-1-5-12-24/h2-3,6-10,13,16,23,30H,1,4-5,11-12,15,17H2. The van der Waals surface area contributed by atoms with Gasteiger partial charge in [-0.05, 0) is 42.2 Å². The third-order valence-electron chi connectivity index (χ3n) is 6.63. The normalized spacial score (nSPS) is 20.6. The molecule has 152 valence electrons. The molecular weight excluding hydrogens is 374 g/mol. The van der Waals surface area contributed by atoms with Crippen LogP contribution in [0.1, 0.15) is 60.6 Å². The van der Waals surface area contributed by atoms with Gasteiger partial charge in [0.2, 0.25) is 0 Å². The summed E-state index contributed by atoms with van der Waals surface area (Å²) in [6.45, 7) is 1.25. The molecule has 1 fully saturated rings. The van der Waals surface area contributed by atoms with Crippen LogP contribution in [0.15, 0.2) is 54.7 Å². The molecule has 1 aliphatic heterocycles. The highest BCUT2D eigenvalue weighted by Gasteiger charge is 2.45. The number of hydrogen-bond donors (Lipinski definition) is 1. The number of fused-ring (bicyclic) bond motifs is 2. The molecule has 1 saturated carbocycles. The number of rotatable bonds is 3. The van der Waals surface area contributed by atoms with E-state index in [1.807, 2.05) is 30.5 Å². The van der Waals surface area contributed by atoms with Gasteiger partial charge >= 0.3 is 0 Å². The summed E-state index contributed by atoms with van der Waals surface area (Å²) in [5.74, 6) is 0. The topological polar surface area (TPSA) is 78.0 Å². The van der Waals surface area contributed by atoms with Gasteiger partial charge in [0.25, 0.3) is 0 Å². The van der Waals surface area contributed by atoms with Crippen molar-refractivity contribution in [3.05, 3.63) is 77.1 Å². The van der Waals surface area contributed by atoms with Crippen molar-refractivity contribution in [1.82, 2.24) is 19.9 Å². The minimum Gasteiger partial charge on any atom is -0.387 e. The van der Waals surface area contributed by atoms with Gasteiger partial charge in [-0.2, -0.15) is 5.26 Å². The zero-order valence-corrected chi connectivity index (χ0v) is 16.9. The second-order valence-electron chi connectivity index (χ2n) is 8.39. The Morgan fingerprint density at radius 3 is 2.77 bits per heavy atom. The molecule has 0 amide bonds. The number of nitrogens with zero attached hydrogens (tertiary/aromatic N) is 5. The Kier molecular flexibility index (Phi) is 4.86. The second-order valence-corrected chi connectivity index (χ2v) is 8.39. The van der Waals surface area contributed by atoms with Gasteiger partial charge in [0, 0.05) is 18.6 Å². The SMILES string of the molecule is N#Cc1cccc(-n2cc(CN3CC(O)c4ccccc4C34CCCCC4)nn2)c1. The number of nitriles is 1. The van der Waals surface area contributed by atoms with E-state index in [0.717, 1.165) is 29.8 Å². The van der Waals surface area contributed by atoms with E-state index in [4.69, 9.17) is 5.26 Å². The molecule has 6 heteroatoms. The molecule has 1 unspecified atom stereocenters. The van der Waals surface area contributed by atoms with Gasteiger partial charge in [0.15, 0.2) is 0 Å². The summed E-state index contributed by atoms with van der Waals surface area (Å²) in [5.41, 5.74) is 4.60. The molecule has 1 aromatic heterocycles. The van der Waals surface area contributed by atoms with Crippen LogP contribution in [0.5, 0.6) is 0 Å². The van der Waals surface area contributed by atoms with Gasteiger partial charge < -0.3 is 5.11 Å². The maximum Gasteiger partial charge on any atom is 0.0992 e. The highest BCUT2D eigenvalue weighted by atomic mass is 16.3. The van der Waals surface area contributed by atoms with Crippen LogP contribution < -0.4 is 0 Å². The first-order valence-corrected chi connectivity index (χ1v) is 10.6. The van der Waals surface area contributed by atoms with Gasteiger partial charge in [-0.25, -0.2) is 4.68 Å². The number of aliphatic hydroxyl groups excluding tert-OH is 1. The average molecular weight is 399 g/mol. The van der Waals surface area contributed by atoms with Crippen molar-refractivity contribution >= 4 is 0 Å². The summed E-state index contributed by atoms with van der Waals surface area (Å²) >= 11 is 0. The minimum atomic E-state index is -0.490. The van der Waals surface area contributed by atoms with Gasteiger partial charge in [0.05, 0.1) is 35.3 Å². The van der Waals surface area contributed by atoms with Crippen LogP contribution in [-0.2, 0) is 12.1 Å². The molecule has 0 bridgehead atoms. The van der Waals surface area contributed by atoms with Gasteiger partial charge in [-0.1, -0.05) is 54.8 Å². The molecule has 30 heavy (non-hydrogen) atoms. The van der Waals surface area contributed by atoms with E-state index in [9.17, 15) is 5.11 Å². The molecule has 0 saturated heterocycles. The maximum atomic E-state index is 10.9. The Morgan fingerprint density at radius 1 is 1.10 bits per heavy atom. The lowest BCUT2D eigenvalue weighted by atomic mass is 9.70. The van der Waals surface area contributed by atoms with Gasteiger partial charge in [-0.3, -0.25) is 4.90 Å². The molecule has 3 aromatic rings. The summed E-state index contributed by atoms with van der Waals surface area (Å²) < 4.78 is 1.72. The molecule has 2 aromatic carbocycles. The predicted octanol–water partition coefficient (Wildman–Crippen LogP) is 3.85. The number of benzene rings is 2. The number of aliphatic hydroxyl groups is 1. The van der Waals surface area contributed by atoms with E-state index in [2.05, 4.69) is 39.5 Å². The highest BCUT2D eigenvalue weighted by molar-refractivity contribution is 5.41. The quantitative estimate of drug-likeness (QED) is 0.724. The minimum absolute atomic E-state index is 0.0431. The Hall–Kier alpha value is -3.01. The van der Waals surface area contributed by atoms with Crippen molar-refractivity contribution in [2.75, 3.05) is 6.54 Å². The largest absolute Gasteiger partial charge is 0.387 e. The van der Waals surface area contributed by atoms with Crippen LogP contribution in [0.3, 0.4) is 0 Å². The van der Waals surface area contributed by atoms with E-state index in [-0.39, 0.29) is 5.54 Å². The van der Waals surface area contributed by atoms with Crippen molar-refractivity contribution in [3.8, 4) is 11.8 Å². The molecule has 0 radical (unpaired) electrons. The van der Waals surface area contributed by atoms with Crippen LogP contribution in [0.25, 0.3) is 5.69 Å². The van der Waals surface area contributed by atoms with E-state index in [1.165, 1.54) is 24.8 Å². The van der Waals surface area contributed by atoms with Crippen molar-refractivity contribution in [2.45, 2.75) is 50.3 Å². The first-order chi connectivity index (χ1) is 14.7. The Morgan fingerprint density at radius 2 is 1.93 bits per heavy atom. The van der Waals surface area contributed by atoms with E-state index in [0.29, 0.717) is 18.7 Å². The van der Waals surface area contributed by atoms with Crippen molar-refractivity contribution < 1.29 is 5.11 Å². The number of β-amino-alcohol motifs (C(OH)–C–C–N with tert-alkyl or cyclic N) is 1. The first kappa shape index (κ1) is 19.0. The molecule has 2 aliphatic rings. The fourth-order valence-corrected chi connectivity index (χ4v) is 5.21. The van der Waals surface area contributed by atoms with Crippen LogP contribution in [-0.4, -0.2) is 31.5 Å². The Bertz CT molecular complexity index is 1090. The summed E-state index contributed by atoms with van der Waals surface area (Å²) in [4.78, 5) is 2.42. The van der Waals surface area contributed by atoms with Crippen LogP contribution in [0.2, 0.25) is 0 Å². The lowest BCUT2D eigenvalue weighted by Crippen LogP contribution is -2.52. The van der Waals surface area contributed by atoms with Crippen molar-refractivity contribution in [1.29, 1.82) is 5.26 Å². The zero-order valence-electron chi connectivity index (χ0n) is 16.9. The Labute approximate surface area is 176 Å². The molecule has 1 aliphatic carbocycles. The van der Waals surface area contributed by atoms with Crippen molar-refractivity contribution in [2.24, 2.45) is 0 Å². The smallest absolute Gasteiger partial charge is 0.0992 e. The molecule has 1 N–H and O–H groups in total. The molecular formula is C24H25N5O. The van der Waals surface area contributed by atoms with Crippen molar-refractivity contribution in [3.63, 3.8) is 0 Å². The summed E-state index contributed by atoms with van der Waals surface area (Å²) in [7, 11) is 0. The molecule has 6 nitrogen and oxygen atoms in total. The monoisotopic (exact) mass is 399 g/mol. The average Bonchev–Trinajstić information content (AvgIpc) is 3.27. The predicted molar refractivity (Wildman–Crippen MR) is 113 cm³/mol. The third kappa shape index (κ3) is 3.20. The van der Waals surface area contributed by atoms with Gasteiger partial charge in [0.1, 0.15) is 0 Å². The third-order valence-corrected chi connectivity index (χ3v) is 6.63. The fourth-order valence-electron chi connectivity index (χ4n) is 5.21. The number of hydrogen-bond acceptors (Lipinski definition) is 5. The van der Waals surface area contributed by atoms with Crippen LogP contribution >= 0.6 is 0 Å². The Balaban J connectivity index is 1.47. The lowest BCUT2D eigenvalue weighted by molar-refractivity contribution is -0.0215. The molecule has 2 heterocycles. The molecule has 1 atom stereocenters. The second kappa shape index (κ2) is 7.67. The van der Waals surface area contributed by atoms with Crippen LogP contribution in [0.4, 0.5) is 0 Å². The summed E-state index contributed by atoms with van der Waals surface area (Å²) in [6.07, 6.45) is 7.33. The summed E-state index contributed by atoms with van der Waals surface area (Å²) in [5, 5.41) is 28.7. The highest BCUT2D eigenvalue weighted by Crippen LogP contribution is 2.48. The van der Waals surface area contributed by atoms with Gasteiger partial charge in [-0.15, -0.1) is 5.10 Å². The summed E-state index contributed by atoms with van der Waals surface area (Å²) in [6, 6.07) is 17.9. The van der Waals surface area contributed by atoms with Crippen LogP contribution in [0, 0.1) is 11.3 Å². The zero-order chi connectivity index (χ0) is 20.6. The number of aromatic nitrogens is 3. The van der Waals surface area contributed by atoms with E-state index < -0.39 is 6.10 Å². The maximum absolute atomic E-state index is 10.9. The van der Waals surface area contributed by atoms with E-state index >= 15 is 0 Å².